The molecule has 1 fully saturated rings. The third-order valence-corrected chi connectivity index (χ3v) is 5.20. The maximum Gasteiger partial charge on any atom is 0.240 e. The Morgan fingerprint density at radius 2 is 1.95 bits per heavy atom. The molecule has 0 unspecified atom stereocenters. The molecule has 0 saturated heterocycles. The zero-order chi connectivity index (χ0) is 14.6. The van der Waals surface area contributed by atoms with E-state index in [0.29, 0.717) is 6.54 Å². The van der Waals surface area contributed by atoms with Gasteiger partial charge in [0, 0.05) is 12.2 Å². The summed E-state index contributed by atoms with van der Waals surface area (Å²) in [6.07, 6.45) is 6.96. The molecule has 20 heavy (non-hydrogen) atoms. The molecule has 1 aliphatic rings. The molecule has 0 heterocycles. The van der Waals surface area contributed by atoms with Gasteiger partial charge in [-0.25, -0.2) is 17.5 Å². The van der Waals surface area contributed by atoms with Crippen molar-refractivity contribution in [1.29, 1.82) is 0 Å². The van der Waals surface area contributed by atoms with Crippen LogP contribution in [0.4, 0.5) is 10.1 Å². The predicted molar refractivity (Wildman–Crippen MR) is 77.2 cm³/mol. The Kier molecular flexibility index (Phi) is 4.99. The topological polar surface area (TPSA) is 72.2 Å². The van der Waals surface area contributed by atoms with Crippen LogP contribution in [-0.2, 0) is 10.0 Å². The van der Waals surface area contributed by atoms with Crippen molar-refractivity contribution in [1.82, 2.24) is 4.72 Å². The Balaban J connectivity index is 1.86. The summed E-state index contributed by atoms with van der Waals surface area (Å²) >= 11 is 0. The average molecular weight is 300 g/mol. The summed E-state index contributed by atoms with van der Waals surface area (Å²) in [7, 11) is -3.67. The highest BCUT2D eigenvalue weighted by molar-refractivity contribution is 7.89. The zero-order valence-corrected chi connectivity index (χ0v) is 12.3. The Hall–Kier alpha value is -1.14. The number of rotatable bonds is 6. The minimum Gasteiger partial charge on any atom is -0.399 e. The van der Waals surface area contributed by atoms with Crippen LogP contribution in [0.2, 0.25) is 0 Å². The van der Waals surface area contributed by atoms with Gasteiger partial charge in [0.05, 0.1) is 4.90 Å². The van der Waals surface area contributed by atoms with E-state index in [-0.39, 0.29) is 10.6 Å². The van der Waals surface area contributed by atoms with Crippen LogP contribution in [0.25, 0.3) is 0 Å². The first-order chi connectivity index (χ1) is 9.47. The summed E-state index contributed by atoms with van der Waals surface area (Å²) in [4.78, 5) is -0.115. The van der Waals surface area contributed by atoms with Gasteiger partial charge in [0.2, 0.25) is 10.0 Å². The maximum absolute atomic E-state index is 13.2. The zero-order valence-electron chi connectivity index (χ0n) is 11.4. The molecule has 1 aromatic rings. The quantitative estimate of drug-likeness (QED) is 0.626. The highest BCUT2D eigenvalue weighted by Gasteiger charge is 2.17. The van der Waals surface area contributed by atoms with E-state index in [1.807, 2.05) is 0 Å². The van der Waals surface area contributed by atoms with Crippen LogP contribution in [0.5, 0.6) is 0 Å². The second-order valence-electron chi connectivity index (χ2n) is 5.41. The van der Waals surface area contributed by atoms with Crippen molar-refractivity contribution >= 4 is 15.7 Å². The molecule has 0 aromatic heterocycles. The van der Waals surface area contributed by atoms with E-state index in [0.717, 1.165) is 30.9 Å². The lowest BCUT2D eigenvalue weighted by Gasteiger charge is -2.10. The van der Waals surface area contributed by atoms with Crippen molar-refractivity contribution in [3.63, 3.8) is 0 Å². The molecule has 112 valence electrons. The summed E-state index contributed by atoms with van der Waals surface area (Å²) in [5, 5.41) is 0. The first kappa shape index (κ1) is 15.3. The Morgan fingerprint density at radius 3 is 2.60 bits per heavy atom. The number of anilines is 1. The minimum absolute atomic E-state index is 0.108. The molecule has 0 amide bonds. The predicted octanol–water partition coefficient (Wildman–Crippen LogP) is 2.66. The minimum atomic E-state index is -3.67. The van der Waals surface area contributed by atoms with Crippen molar-refractivity contribution in [2.45, 2.75) is 43.4 Å². The summed E-state index contributed by atoms with van der Waals surface area (Å²) in [5.41, 5.74) is 5.57. The average Bonchev–Trinajstić information content (AvgIpc) is 2.86. The molecule has 1 saturated carbocycles. The number of hydrogen-bond donors (Lipinski definition) is 2. The first-order valence-electron chi connectivity index (χ1n) is 7.03. The third kappa shape index (κ3) is 4.18. The van der Waals surface area contributed by atoms with Crippen LogP contribution in [0, 0.1) is 11.7 Å². The van der Waals surface area contributed by atoms with Crippen LogP contribution in [0.15, 0.2) is 23.1 Å². The first-order valence-corrected chi connectivity index (χ1v) is 8.51. The van der Waals surface area contributed by atoms with E-state index in [1.165, 1.54) is 31.7 Å². The summed E-state index contributed by atoms with van der Waals surface area (Å²) in [5.74, 6) is 0.0978. The van der Waals surface area contributed by atoms with Crippen LogP contribution in [-0.4, -0.2) is 15.0 Å². The SMILES string of the molecule is Nc1cc(F)cc(S(=O)(=O)NCCCC2CCCC2)c1. The number of nitrogens with two attached hydrogens (primary N) is 1. The molecule has 1 aromatic carbocycles. The monoisotopic (exact) mass is 300 g/mol. The lowest BCUT2D eigenvalue weighted by atomic mass is 10.0. The van der Waals surface area contributed by atoms with E-state index in [4.69, 9.17) is 5.73 Å². The van der Waals surface area contributed by atoms with Gasteiger partial charge < -0.3 is 5.73 Å². The van der Waals surface area contributed by atoms with Gasteiger partial charge in [-0.15, -0.1) is 0 Å². The van der Waals surface area contributed by atoms with Gasteiger partial charge in [-0.3, -0.25) is 0 Å². The number of nitrogen functional groups attached to an aromatic ring is 1. The molecular weight excluding hydrogens is 279 g/mol. The fourth-order valence-electron chi connectivity index (χ4n) is 2.72. The fourth-order valence-corrected chi connectivity index (χ4v) is 3.86. The van der Waals surface area contributed by atoms with Crippen LogP contribution >= 0.6 is 0 Å². The lowest BCUT2D eigenvalue weighted by Crippen LogP contribution is -2.25. The Bertz CT molecular complexity index is 534. The van der Waals surface area contributed by atoms with Gasteiger partial charge in [-0.2, -0.15) is 0 Å². The van der Waals surface area contributed by atoms with Crippen molar-refractivity contribution in [2.75, 3.05) is 12.3 Å². The summed E-state index contributed by atoms with van der Waals surface area (Å²) < 4.78 is 39.7. The standard InChI is InChI=1S/C14H21FN2O2S/c15-12-8-13(16)10-14(9-12)20(18,19)17-7-3-6-11-4-1-2-5-11/h8-11,17H,1-7,16H2. The molecule has 3 N–H and O–H groups in total. The molecule has 4 nitrogen and oxygen atoms in total. The summed E-state index contributed by atoms with van der Waals surface area (Å²) in [6, 6.07) is 3.34. The largest absolute Gasteiger partial charge is 0.399 e. The molecule has 6 heteroatoms. The molecular formula is C14H21FN2O2S. The smallest absolute Gasteiger partial charge is 0.240 e. The summed E-state index contributed by atoms with van der Waals surface area (Å²) in [6.45, 7) is 0.384. The van der Waals surface area contributed by atoms with Gasteiger partial charge in [0.15, 0.2) is 0 Å². The van der Waals surface area contributed by atoms with Crippen molar-refractivity contribution in [2.24, 2.45) is 5.92 Å². The van der Waals surface area contributed by atoms with Crippen LogP contribution < -0.4 is 10.5 Å². The number of benzene rings is 1. The van der Waals surface area contributed by atoms with Gasteiger partial charge in [0.25, 0.3) is 0 Å². The van der Waals surface area contributed by atoms with Crippen molar-refractivity contribution in [3.8, 4) is 0 Å². The number of halogens is 1. The number of sulfonamides is 1. The molecule has 0 spiro atoms. The normalized spacial score (nSPS) is 16.6. The molecule has 0 radical (unpaired) electrons. The molecule has 0 aliphatic heterocycles. The molecule has 0 atom stereocenters. The Morgan fingerprint density at radius 1 is 1.25 bits per heavy atom. The van der Waals surface area contributed by atoms with Gasteiger partial charge >= 0.3 is 0 Å². The second kappa shape index (κ2) is 6.54. The highest BCUT2D eigenvalue weighted by atomic mass is 32.2. The fraction of sp³-hybridized carbons (Fsp3) is 0.571. The van der Waals surface area contributed by atoms with Crippen molar-refractivity contribution in [3.05, 3.63) is 24.0 Å². The van der Waals surface area contributed by atoms with E-state index in [1.54, 1.807) is 0 Å². The molecule has 2 rings (SSSR count). The highest BCUT2D eigenvalue weighted by Crippen LogP contribution is 2.28. The third-order valence-electron chi connectivity index (χ3n) is 3.76. The van der Waals surface area contributed by atoms with E-state index < -0.39 is 15.8 Å². The van der Waals surface area contributed by atoms with Crippen molar-refractivity contribution < 1.29 is 12.8 Å². The molecule has 0 bridgehead atoms. The Labute approximate surface area is 119 Å². The van der Waals surface area contributed by atoms with Gasteiger partial charge in [0.1, 0.15) is 5.82 Å². The second-order valence-corrected chi connectivity index (χ2v) is 7.18. The van der Waals surface area contributed by atoms with Crippen LogP contribution in [0.3, 0.4) is 0 Å². The maximum atomic E-state index is 13.2. The van der Waals surface area contributed by atoms with E-state index in [2.05, 4.69) is 4.72 Å². The molecule has 1 aliphatic carbocycles. The van der Waals surface area contributed by atoms with Gasteiger partial charge in [-0.05, 0) is 37.0 Å². The van der Waals surface area contributed by atoms with E-state index >= 15 is 0 Å². The van der Waals surface area contributed by atoms with E-state index in [9.17, 15) is 12.8 Å². The number of hydrogen-bond acceptors (Lipinski definition) is 3. The number of nitrogens with one attached hydrogen (secondary N) is 1. The van der Waals surface area contributed by atoms with Gasteiger partial charge in [-0.1, -0.05) is 25.7 Å². The van der Waals surface area contributed by atoms with Crippen LogP contribution in [0.1, 0.15) is 38.5 Å². The lowest BCUT2D eigenvalue weighted by molar-refractivity contribution is 0.480.